The lowest BCUT2D eigenvalue weighted by Crippen LogP contribution is -2.14. The number of thiazole rings is 1. The van der Waals surface area contributed by atoms with Crippen LogP contribution in [0.25, 0.3) is 0 Å². The molecular formula is C11H5BrF4N2OS. The minimum absolute atomic E-state index is 0.248. The summed E-state index contributed by atoms with van der Waals surface area (Å²) in [4.78, 5) is 15.0. The van der Waals surface area contributed by atoms with Crippen LogP contribution in [-0.4, -0.2) is 10.9 Å². The summed E-state index contributed by atoms with van der Waals surface area (Å²) in [6.45, 7) is 0. The summed E-state index contributed by atoms with van der Waals surface area (Å²) in [6.07, 6.45) is -4.58. The summed E-state index contributed by atoms with van der Waals surface area (Å²) in [7, 11) is 0. The van der Waals surface area contributed by atoms with E-state index in [9.17, 15) is 22.4 Å². The van der Waals surface area contributed by atoms with Crippen LogP contribution in [0.2, 0.25) is 0 Å². The predicted octanol–water partition coefficient (Wildman–Crippen LogP) is 4.32. The van der Waals surface area contributed by atoms with Gasteiger partial charge in [0, 0.05) is 9.85 Å². The van der Waals surface area contributed by atoms with Crippen LogP contribution in [-0.2, 0) is 6.18 Å². The Bertz CT molecular complexity index is 656. The van der Waals surface area contributed by atoms with E-state index in [0.717, 1.165) is 11.4 Å². The lowest BCUT2D eigenvalue weighted by Gasteiger charge is -2.04. The summed E-state index contributed by atoms with van der Waals surface area (Å²) >= 11 is 3.68. The van der Waals surface area contributed by atoms with Crippen LogP contribution < -0.4 is 5.32 Å². The molecule has 9 heteroatoms. The molecule has 0 radical (unpaired) electrons. The zero-order chi connectivity index (χ0) is 14.9. The number of rotatable bonds is 2. The smallest absolute Gasteiger partial charge is 0.298 e. The van der Waals surface area contributed by atoms with Crippen LogP contribution >= 0.6 is 27.3 Å². The molecule has 0 spiro atoms. The molecule has 1 heterocycles. The molecule has 0 aliphatic carbocycles. The van der Waals surface area contributed by atoms with Gasteiger partial charge in [-0.15, -0.1) is 11.3 Å². The van der Waals surface area contributed by atoms with Gasteiger partial charge in [-0.05, 0) is 18.2 Å². The SMILES string of the molecule is O=C(Nc1nc(C(F)(F)F)cs1)c1cc(Br)ccc1F. The van der Waals surface area contributed by atoms with Gasteiger partial charge in [-0.1, -0.05) is 15.9 Å². The van der Waals surface area contributed by atoms with Crippen molar-refractivity contribution in [2.75, 3.05) is 5.32 Å². The Balaban J connectivity index is 2.20. The van der Waals surface area contributed by atoms with Gasteiger partial charge >= 0.3 is 6.18 Å². The normalized spacial score (nSPS) is 11.4. The number of hydrogen-bond donors (Lipinski definition) is 1. The summed E-state index contributed by atoms with van der Waals surface area (Å²) in [5.74, 6) is -1.65. The fourth-order valence-corrected chi connectivity index (χ4v) is 2.37. The fraction of sp³-hybridized carbons (Fsp3) is 0.0909. The van der Waals surface area contributed by atoms with Crippen molar-refractivity contribution in [3.63, 3.8) is 0 Å². The average Bonchev–Trinajstić information content (AvgIpc) is 2.80. The summed E-state index contributed by atoms with van der Waals surface area (Å²) in [5, 5.41) is 2.65. The molecular weight excluding hydrogens is 364 g/mol. The molecule has 1 N–H and O–H groups in total. The molecule has 2 rings (SSSR count). The van der Waals surface area contributed by atoms with E-state index in [1.54, 1.807) is 0 Å². The summed E-state index contributed by atoms with van der Waals surface area (Å²) < 4.78 is 50.9. The minimum Gasteiger partial charge on any atom is -0.298 e. The van der Waals surface area contributed by atoms with Crippen LogP contribution in [0.1, 0.15) is 16.1 Å². The Hall–Kier alpha value is -1.48. The lowest BCUT2D eigenvalue weighted by molar-refractivity contribution is -0.140. The Morgan fingerprint density at radius 2 is 2.05 bits per heavy atom. The Kier molecular flexibility index (Phi) is 4.09. The molecule has 2 aromatic rings. The number of aromatic nitrogens is 1. The largest absolute Gasteiger partial charge is 0.434 e. The van der Waals surface area contributed by atoms with Gasteiger partial charge in [0.15, 0.2) is 10.8 Å². The molecule has 3 nitrogen and oxygen atoms in total. The molecule has 0 fully saturated rings. The first-order valence-corrected chi connectivity index (χ1v) is 6.74. The molecule has 0 saturated heterocycles. The van der Waals surface area contributed by atoms with Crippen LogP contribution in [0.15, 0.2) is 28.1 Å². The molecule has 0 atom stereocenters. The maximum absolute atomic E-state index is 13.4. The number of anilines is 1. The van der Waals surface area contributed by atoms with E-state index >= 15 is 0 Å². The lowest BCUT2D eigenvalue weighted by atomic mass is 10.2. The minimum atomic E-state index is -4.58. The van der Waals surface area contributed by atoms with Crippen molar-refractivity contribution < 1.29 is 22.4 Å². The van der Waals surface area contributed by atoms with Gasteiger partial charge in [0.2, 0.25) is 0 Å². The fourth-order valence-electron chi connectivity index (χ4n) is 1.30. The second-order valence-electron chi connectivity index (χ2n) is 3.61. The van der Waals surface area contributed by atoms with E-state index < -0.39 is 23.6 Å². The molecule has 106 valence electrons. The van der Waals surface area contributed by atoms with Gasteiger partial charge in [-0.25, -0.2) is 9.37 Å². The molecule has 0 aliphatic heterocycles. The molecule has 0 aliphatic rings. The van der Waals surface area contributed by atoms with Gasteiger partial charge in [0.25, 0.3) is 5.91 Å². The third-order valence-electron chi connectivity index (χ3n) is 2.19. The number of carbonyl (C=O) groups excluding carboxylic acids is 1. The van der Waals surface area contributed by atoms with Crippen molar-refractivity contribution in [2.45, 2.75) is 6.18 Å². The van der Waals surface area contributed by atoms with Crippen LogP contribution in [0, 0.1) is 5.82 Å². The third-order valence-corrected chi connectivity index (χ3v) is 3.44. The Morgan fingerprint density at radius 1 is 1.35 bits per heavy atom. The molecule has 1 amide bonds. The summed E-state index contributed by atoms with van der Waals surface area (Å²) in [5.41, 5.74) is -1.39. The number of carbonyl (C=O) groups is 1. The molecule has 1 aromatic heterocycles. The van der Waals surface area contributed by atoms with Gasteiger partial charge in [0.1, 0.15) is 5.82 Å². The van der Waals surface area contributed by atoms with Crippen LogP contribution in [0.4, 0.5) is 22.7 Å². The van der Waals surface area contributed by atoms with Gasteiger partial charge in [-0.3, -0.25) is 10.1 Å². The van der Waals surface area contributed by atoms with E-state index in [4.69, 9.17) is 0 Å². The van der Waals surface area contributed by atoms with Gasteiger partial charge in [0.05, 0.1) is 5.56 Å². The molecule has 0 saturated carbocycles. The maximum Gasteiger partial charge on any atom is 0.434 e. The third kappa shape index (κ3) is 3.34. The number of benzene rings is 1. The Morgan fingerprint density at radius 3 is 2.65 bits per heavy atom. The summed E-state index contributed by atoms with van der Waals surface area (Å²) in [6, 6.07) is 3.70. The quantitative estimate of drug-likeness (QED) is 0.802. The first-order valence-electron chi connectivity index (χ1n) is 5.06. The topological polar surface area (TPSA) is 42.0 Å². The van der Waals surface area contributed by atoms with Crippen LogP contribution in [0.5, 0.6) is 0 Å². The second kappa shape index (κ2) is 5.49. The highest BCUT2D eigenvalue weighted by molar-refractivity contribution is 9.10. The number of amides is 1. The second-order valence-corrected chi connectivity index (χ2v) is 5.39. The van der Waals surface area contributed by atoms with Crippen LogP contribution in [0.3, 0.4) is 0 Å². The predicted molar refractivity (Wildman–Crippen MR) is 69.2 cm³/mol. The highest BCUT2D eigenvalue weighted by Gasteiger charge is 2.34. The maximum atomic E-state index is 13.4. The zero-order valence-corrected chi connectivity index (χ0v) is 11.9. The van der Waals surface area contributed by atoms with Gasteiger partial charge < -0.3 is 0 Å². The number of hydrogen-bond acceptors (Lipinski definition) is 3. The monoisotopic (exact) mass is 368 g/mol. The van der Waals surface area contributed by atoms with Crippen molar-refractivity contribution >= 4 is 38.3 Å². The number of nitrogens with one attached hydrogen (secondary N) is 1. The van der Waals surface area contributed by atoms with E-state index in [0.29, 0.717) is 15.8 Å². The average molecular weight is 369 g/mol. The van der Waals surface area contributed by atoms with Crippen molar-refractivity contribution in [1.29, 1.82) is 0 Å². The van der Waals surface area contributed by atoms with Crippen molar-refractivity contribution in [2.24, 2.45) is 0 Å². The number of alkyl halides is 3. The van der Waals surface area contributed by atoms with Crippen molar-refractivity contribution in [1.82, 2.24) is 4.98 Å². The molecule has 0 unspecified atom stereocenters. The molecule has 0 bridgehead atoms. The highest BCUT2D eigenvalue weighted by Crippen LogP contribution is 2.31. The number of nitrogens with zero attached hydrogens (tertiary/aromatic N) is 1. The van der Waals surface area contributed by atoms with Gasteiger partial charge in [-0.2, -0.15) is 13.2 Å². The first-order chi connectivity index (χ1) is 9.27. The van der Waals surface area contributed by atoms with Crippen molar-refractivity contribution in [3.05, 3.63) is 45.1 Å². The van der Waals surface area contributed by atoms with E-state index in [-0.39, 0.29) is 10.7 Å². The highest BCUT2D eigenvalue weighted by atomic mass is 79.9. The molecule has 1 aromatic carbocycles. The zero-order valence-electron chi connectivity index (χ0n) is 9.46. The van der Waals surface area contributed by atoms with Crippen molar-refractivity contribution in [3.8, 4) is 0 Å². The Labute approximate surface area is 122 Å². The van der Waals surface area contributed by atoms with E-state index in [2.05, 4.69) is 26.2 Å². The van der Waals surface area contributed by atoms with E-state index in [1.807, 2.05) is 0 Å². The first kappa shape index (κ1) is 14.9. The van der Waals surface area contributed by atoms with E-state index in [1.165, 1.54) is 12.1 Å². The number of halogens is 5. The standard InChI is InChI=1S/C11H5BrF4N2OS/c12-5-1-2-7(13)6(3-5)9(19)18-10-17-8(4-20-10)11(14,15)16/h1-4H,(H,17,18,19). The molecule has 20 heavy (non-hydrogen) atoms.